The fraction of sp³-hybridized carbons (Fsp3) is 1.00. The molecule has 0 bridgehead atoms. The van der Waals surface area contributed by atoms with Crippen LogP contribution in [-0.4, -0.2) is 75.8 Å². The Bertz CT molecular complexity index is 142. The van der Waals surface area contributed by atoms with Crippen LogP contribution in [0.2, 0.25) is 0 Å². The van der Waals surface area contributed by atoms with Gasteiger partial charge in [0, 0.05) is 52.4 Å². The van der Waals surface area contributed by atoms with E-state index in [1.807, 2.05) is 0 Å². The smallest absolute Gasteiger partial charge is 0.0110 e. The topological polar surface area (TPSA) is 70.5 Å². The summed E-state index contributed by atoms with van der Waals surface area (Å²) in [4.78, 5) is 4.71. The first-order chi connectivity index (χ1) is 7.74. The van der Waals surface area contributed by atoms with Crippen molar-refractivity contribution in [2.75, 3.05) is 66.0 Å². The van der Waals surface area contributed by atoms with Gasteiger partial charge in [0.05, 0.1) is 0 Å². The predicted octanol–water partition coefficient (Wildman–Crippen LogP) is -1.25. The maximum atomic E-state index is 5.50. The first-order valence-corrected chi connectivity index (χ1v) is 6.26. The molecule has 5 nitrogen and oxygen atoms in total. The molecule has 0 fully saturated rings. The highest BCUT2D eigenvalue weighted by Crippen LogP contribution is 1.89. The van der Waals surface area contributed by atoms with Gasteiger partial charge in [0.2, 0.25) is 0 Å². The molecule has 5 N–H and O–H groups in total. The fourth-order valence-electron chi connectivity index (χ4n) is 1.54. The lowest BCUT2D eigenvalue weighted by atomic mass is 10.4. The normalized spacial score (nSPS) is 11.6. The first kappa shape index (κ1) is 15.8. The van der Waals surface area contributed by atoms with Crippen LogP contribution < -0.4 is 16.8 Å². The number of rotatable bonds is 11. The molecule has 0 aliphatic rings. The average Bonchev–Trinajstić information content (AvgIpc) is 2.28. The van der Waals surface area contributed by atoms with Crippen LogP contribution >= 0.6 is 0 Å². The van der Waals surface area contributed by atoms with Gasteiger partial charge < -0.3 is 26.6 Å². The Morgan fingerprint density at radius 3 is 2.25 bits per heavy atom. The number of likely N-dealkylation sites (N-methyl/N-ethyl adjacent to an activating group) is 2. The highest BCUT2D eigenvalue weighted by molar-refractivity contribution is 4.61. The molecular formula is C11H29N5. The standard InChI is InChI=1S/C11H29N5/c1-3-16(9-7-14-6-4-12)11-10-15(2)8-5-13/h14H,3-13H2,1-2H3. The molecule has 0 unspecified atom stereocenters. The number of nitrogens with zero attached hydrogens (tertiary/aromatic N) is 2. The molecule has 0 aromatic heterocycles. The molecule has 0 aromatic carbocycles. The Morgan fingerprint density at radius 2 is 1.69 bits per heavy atom. The summed E-state index contributed by atoms with van der Waals surface area (Å²) in [5, 5.41) is 3.31. The lowest BCUT2D eigenvalue weighted by Gasteiger charge is -2.24. The van der Waals surface area contributed by atoms with Crippen LogP contribution in [0.15, 0.2) is 0 Å². The van der Waals surface area contributed by atoms with E-state index < -0.39 is 0 Å². The average molecular weight is 231 g/mol. The summed E-state index contributed by atoms with van der Waals surface area (Å²) in [7, 11) is 2.12. The largest absolute Gasteiger partial charge is 0.329 e. The Labute approximate surface area is 100 Å². The number of nitrogens with one attached hydrogen (secondary N) is 1. The van der Waals surface area contributed by atoms with Crippen molar-refractivity contribution in [3.63, 3.8) is 0 Å². The van der Waals surface area contributed by atoms with Crippen molar-refractivity contribution < 1.29 is 0 Å². The summed E-state index contributed by atoms with van der Waals surface area (Å²) >= 11 is 0. The van der Waals surface area contributed by atoms with Crippen molar-refractivity contribution in [2.24, 2.45) is 11.5 Å². The molecule has 98 valence electrons. The van der Waals surface area contributed by atoms with Crippen LogP contribution in [0.1, 0.15) is 6.92 Å². The number of hydrogen-bond donors (Lipinski definition) is 3. The summed E-state index contributed by atoms with van der Waals surface area (Å²) in [6, 6.07) is 0. The van der Waals surface area contributed by atoms with Gasteiger partial charge in [-0.1, -0.05) is 6.92 Å². The third-order valence-corrected chi connectivity index (χ3v) is 2.68. The van der Waals surface area contributed by atoms with E-state index in [0.717, 1.165) is 52.4 Å². The SMILES string of the molecule is CCN(CCNCCN)CCN(C)CCN. The molecule has 16 heavy (non-hydrogen) atoms. The zero-order valence-corrected chi connectivity index (χ0v) is 10.9. The third kappa shape index (κ3) is 9.06. The first-order valence-electron chi connectivity index (χ1n) is 6.26. The second kappa shape index (κ2) is 11.3. The van der Waals surface area contributed by atoms with Gasteiger partial charge in [-0.15, -0.1) is 0 Å². The quantitative estimate of drug-likeness (QED) is 0.388. The zero-order valence-electron chi connectivity index (χ0n) is 10.9. The molecule has 0 rings (SSSR count). The van der Waals surface area contributed by atoms with Crippen LogP contribution in [0, 0.1) is 0 Å². The van der Waals surface area contributed by atoms with Gasteiger partial charge in [0.15, 0.2) is 0 Å². The van der Waals surface area contributed by atoms with E-state index in [0.29, 0.717) is 6.54 Å². The Morgan fingerprint density at radius 1 is 0.938 bits per heavy atom. The fourth-order valence-corrected chi connectivity index (χ4v) is 1.54. The Balaban J connectivity index is 3.50. The van der Waals surface area contributed by atoms with Crippen molar-refractivity contribution in [1.82, 2.24) is 15.1 Å². The second-order valence-electron chi connectivity index (χ2n) is 4.06. The molecule has 0 aliphatic carbocycles. The van der Waals surface area contributed by atoms with Gasteiger partial charge in [-0.2, -0.15) is 0 Å². The van der Waals surface area contributed by atoms with Crippen molar-refractivity contribution in [3.8, 4) is 0 Å². The van der Waals surface area contributed by atoms with E-state index in [-0.39, 0.29) is 0 Å². The maximum Gasteiger partial charge on any atom is 0.0110 e. The molecule has 0 atom stereocenters. The Kier molecular flexibility index (Phi) is 11.1. The molecular weight excluding hydrogens is 202 g/mol. The molecule has 0 aliphatic heterocycles. The summed E-state index contributed by atoms with van der Waals surface area (Å²) in [5.41, 5.74) is 10.9. The van der Waals surface area contributed by atoms with Crippen molar-refractivity contribution in [1.29, 1.82) is 0 Å². The monoisotopic (exact) mass is 231 g/mol. The van der Waals surface area contributed by atoms with E-state index >= 15 is 0 Å². The maximum absolute atomic E-state index is 5.50. The van der Waals surface area contributed by atoms with Crippen LogP contribution in [0.3, 0.4) is 0 Å². The van der Waals surface area contributed by atoms with Gasteiger partial charge >= 0.3 is 0 Å². The summed E-state index contributed by atoms with van der Waals surface area (Å²) in [6.07, 6.45) is 0. The van der Waals surface area contributed by atoms with Gasteiger partial charge in [-0.25, -0.2) is 0 Å². The van der Waals surface area contributed by atoms with Crippen LogP contribution in [-0.2, 0) is 0 Å². The van der Waals surface area contributed by atoms with Crippen molar-refractivity contribution in [2.45, 2.75) is 6.92 Å². The molecule has 5 heteroatoms. The highest BCUT2D eigenvalue weighted by atomic mass is 15.2. The van der Waals surface area contributed by atoms with E-state index in [1.54, 1.807) is 0 Å². The van der Waals surface area contributed by atoms with Gasteiger partial charge in [0.25, 0.3) is 0 Å². The summed E-state index contributed by atoms with van der Waals surface area (Å²) < 4.78 is 0. The molecule has 0 radical (unpaired) electrons. The van der Waals surface area contributed by atoms with Gasteiger partial charge in [0.1, 0.15) is 0 Å². The van der Waals surface area contributed by atoms with E-state index in [2.05, 4.69) is 29.1 Å². The molecule has 0 amide bonds. The van der Waals surface area contributed by atoms with E-state index in [9.17, 15) is 0 Å². The third-order valence-electron chi connectivity index (χ3n) is 2.68. The minimum Gasteiger partial charge on any atom is -0.329 e. The van der Waals surface area contributed by atoms with Gasteiger partial charge in [-0.3, -0.25) is 0 Å². The van der Waals surface area contributed by atoms with E-state index in [1.165, 1.54) is 0 Å². The van der Waals surface area contributed by atoms with Crippen molar-refractivity contribution >= 4 is 0 Å². The molecule has 0 spiro atoms. The van der Waals surface area contributed by atoms with Crippen molar-refractivity contribution in [3.05, 3.63) is 0 Å². The van der Waals surface area contributed by atoms with Crippen LogP contribution in [0.4, 0.5) is 0 Å². The molecule has 0 saturated heterocycles. The van der Waals surface area contributed by atoms with E-state index in [4.69, 9.17) is 11.5 Å². The second-order valence-corrected chi connectivity index (χ2v) is 4.06. The summed E-state index contributed by atoms with van der Waals surface area (Å²) in [5.74, 6) is 0. The number of nitrogens with two attached hydrogens (primary N) is 2. The minimum absolute atomic E-state index is 0.714. The van der Waals surface area contributed by atoms with Gasteiger partial charge in [-0.05, 0) is 13.6 Å². The van der Waals surface area contributed by atoms with Crippen LogP contribution in [0.25, 0.3) is 0 Å². The van der Waals surface area contributed by atoms with Crippen LogP contribution in [0.5, 0.6) is 0 Å². The zero-order chi connectivity index (χ0) is 12.2. The lowest BCUT2D eigenvalue weighted by molar-refractivity contribution is 0.235. The summed E-state index contributed by atoms with van der Waals surface area (Å²) in [6.45, 7) is 10.9. The molecule has 0 heterocycles. The highest BCUT2D eigenvalue weighted by Gasteiger charge is 2.03. The predicted molar refractivity (Wildman–Crippen MR) is 70.6 cm³/mol. The number of hydrogen-bond acceptors (Lipinski definition) is 5. The molecule has 0 saturated carbocycles. The minimum atomic E-state index is 0.714. The Hall–Kier alpha value is -0.200. The molecule has 0 aromatic rings. The lowest BCUT2D eigenvalue weighted by Crippen LogP contribution is -2.39.